The fourth-order valence-corrected chi connectivity index (χ4v) is 8.53. The molecule has 0 aliphatic heterocycles. The van der Waals surface area contributed by atoms with Gasteiger partial charge in [-0.15, -0.1) is 0 Å². The van der Waals surface area contributed by atoms with Crippen LogP contribution in [0, 0.1) is 0 Å². The summed E-state index contributed by atoms with van der Waals surface area (Å²) in [6.45, 7) is 4.62. The lowest BCUT2D eigenvalue weighted by molar-refractivity contribution is 0.870. The molecule has 4 heterocycles. The highest BCUT2D eigenvalue weighted by Crippen LogP contribution is 2.46. The first kappa shape index (κ1) is 26.1. The second-order valence-electron chi connectivity index (χ2n) is 13.6. The Labute approximate surface area is 276 Å². The van der Waals surface area contributed by atoms with Crippen molar-refractivity contribution in [2.75, 3.05) is 0 Å². The fourth-order valence-electron chi connectivity index (χ4n) is 8.53. The third kappa shape index (κ3) is 3.28. The van der Waals surface area contributed by atoms with Gasteiger partial charge in [-0.3, -0.25) is 0 Å². The van der Waals surface area contributed by atoms with E-state index in [-0.39, 0.29) is 0 Å². The molecule has 0 amide bonds. The van der Waals surface area contributed by atoms with E-state index in [1.54, 1.807) is 0 Å². The second kappa shape index (κ2) is 9.27. The summed E-state index contributed by atoms with van der Waals surface area (Å²) in [6, 6.07) is 54.0. The van der Waals surface area contributed by atoms with Gasteiger partial charge < -0.3 is 13.5 Å². The molecule has 0 aliphatic carbocycles. The molecule has 0 unspecified atom stereocenters. The number of nitrogens with zero attached hydrogens (tertiary/aromatic N) is 3. The van der Waals surface area contributed by atoms with E-state index in [1.165, 1.54) is 98.6 Å². The van der Waals surface area contributed by atoms with Gasteiger partial charge in [-0.05, 0) is 84.3 Å². The van der Waals surface area contributed by atoms with Gasteiger partial charge in [-0.25, -0.2) is 0 Å². The number of hydrogen-bond donors (Lipinski definition) is 0. The van der Waals surface area contributed by atoms with Crippen molar-refractivity contribution in [2.24, 2.45) is 0 Å². The molecule has 11 aromatic rings. The quantitative estimate of drug-likeness (QED) is 0.188. The number of rotatable bonds is 3. The Hall–Kier alpha value is -6.06. The first-order valence-electron chi connectivity index (χ1n) is 16.9. The summed E-state index contributed by atoms with van der Waals surface area (Å²) < 4.78 is 7.42. The van der Waals surface area contributed by atoms with Crippen LogP contribution in [0.3, 0.4) is 0 Å². The first-order chi connectivity index (χ1) is 23.7. The standard InChI is InChI=1S/C45H31N3/c1-27(2)28-21-37-35-23-33-31-17-9-11-19-39(31)46(29-13-5-3-6-14-29)41(33)25-43(35)48-44-26-42-34(24-36(44)38(22-28)45(37)48)32-18-10-12-20-40(32)47(42)30-15-7-4-8-16-30/h3-27H,1-2H3. The highest BCUT2D eigenvalue weighted by Gasteiger charge is 2.23. The van der Waals surface area contributed by atoms with E-state index in [0.717, 1.165) is 0 Å². The Bertz CT molecular complexity index is 2860. The largest absolute Gasteiger partial charge is 0.309 e. The molecule has 0 atom stereocenters. The molecule has 3 nitrogen and oxygen atoms in total. The third-order valence-electron chi connectivity index (χ3n) is 10.7. The van der Waals surface area contributed by atoms with Crippen LogP contribution in [0.5, 0.6) is 0 Å². The number of fused-ring (bicyclic) bond motifs is 12. The molecule has 7 aromatic carbocycles. The van der Waals surface area contributed by atoms with Crippen molar-refractivity contribution in [3.05, 3.63) is 151 Å². The zero-order valence-electron chi connectivity index (χ0n) is 26.8. The van der Waals surface area contributed by atoms with Gasteiger partial charge in [0.1, 0.15) is 0 Å². The summed E-state index contributed by atoms with van der Waals surface area (Å²) in [4.78, 5) is 0. The molecule has 4 aromatic heterocycles. The summed E-state index contributed by atoms with van der Waals surface area (Å²) in [5.41, 5.74) is 12.5. The lowest BCUT2D eigenvalue weighted by Gasteiger charge is -2.09. The predicted molar refractivity (Wildman–Crippen MR) is 204 cm³/mol. The maximum absolute atomic E-state index is 2.55. The van der Waals surface area contributed by atoms with E-state index >= 15 is 0 Å². The molecular formula is C45H31N3. The van der Waals surface area contributed by atoms with Crippen molar-refractivity contribution in [1.29, 1.82) is 0 Å². The van der Waals surface area contributed by atoms with Gasteiger partial charge in [0.15, 0.2) is 0 Å². The maximum atomic E-state index is 2.55. The predicted octanol–water partition coefficient (Wildman–Crippen LogP) is 12.2. The molecule has 0 saturated heterocycles. The Morgan fingerprint density at radius 1 is 0.354 bits per heavy atom. The summed E-state index contributed by atoms with van der Waals surface area (Å²) in [5, 5.41) is 10.4. The minimum atomic E-state index is 0.417. The highest BCUT2D eigenvalue weighted by atomic mass is 15.0. The average molecular weight is 614 g/mol. The van der Waals surface area contributed by atoms with Gasteiger partial charge in [0.2, 0.25) is 0 Å². The molecule has 0 aliphatic rings. The van der Waals surface area contributed by atoms with E-state index in [0.29, 0.717) is 5.92 Å². The maximum Gasteiger partial charge on any atom is 0.0620 e. The number of benzene rings is 7. The monoisotopic (exact) mass is 613 g/mol. The zero-order valence-corrected chi connectivity index (χ0v) is 26.8. The molecule has 0 bridgehead atoms. The van der Waals surface area contributed by atoms with Crippen molar-refractivity contribution in [2.45, 2.75) is 19.8 Å². The van der Waals surface area contributed by atoms with Crippen LogP contribution in [0.1, 0.15) is 25.3 Å². The number of hydrogen-bond acceptors (Lipinski definition) is 0. The van der Waals surface area contributed by atoms with E-state index in [9.17, 15) is 0 Å². The van der Waals surface area contributed by atoms with Crippen molar-refractivity contribution in [3.8, 4) is 11.4 Å². The molecule has 0 fully saturated rings. The van der Waals surface area contributed by atoms with Gasteiger partial charge in [-0.2, -0.15) is 0 Å². The lowest BCUT2D eigenvalue weighted by Crippen LogP contribution is -1.94. The van der Waals surface area contributed by atoms with Gasteiger partial charge in [-0.1, -0.05) is 86.6 Å². The molecule has 11 rings (SSSR count). The number of aromatic nitrogens is 3. The van der Waals surface area contributed by atoms with Crippen molar-refractivity contribution < 1.29 is 0 Å². The van der Waals surface area contributed by atoms with Crippen molar-refractivity contribution in [3.63, 3.8) is 0 Å². The average Bonchev–Trinajstić information content (AvgIpc) is 3.84. The van der Waals surface area contributed by atoms with Crippen molar-refractivity contribution >= 4 is 81.7 Å². The topological polar surface area (TPSA) is 14.3 Å². The van der Waals surface area contributed by atoms with Crippen LogP contribution in [-0.4, -0.2) is 13.5 Å². The van der Waals surface area contributed by atoms with Crippen molar-refractivity contribution in [1.82, 2.24) is 13.5 Å². The molecule has 0 radical (unpaired) electrons. The zero-order chi connectivity index (χ0) is 31.7. The molecule has 0 spiro atoms. The van der Waals surface area contributed by atoms with Crippen LogP contribution in [0.2, 0.25) is 0 Å². The minimum absolute atomic E-state index is 0.417. The number of para-hydroxylation sites is 4. The first-order valence-corrected chi connectivity index (χ1v) is 16.9. The van der Waals surface area contributed by atoms with E-state index in [4.69, 9.17) is 0 Å². The molecule has 0 N–H and O–H groups in total. The van der Waals surface area contributed by atoms with Crippen LogP contribution in [0.4, 0.5) is 0 Å². The van der Waals surface area contributed by atoms with E-state index in [2.05, 4.69) is 173 Å². The Kier molecular flexibility index (Phi) is 5.03. The molecule has 3 heteroatoms. The van der Waals surface area contributed by atoms with Gasteiger partial charge in [0.05, 0.1) is 38.6 Å². The SMILES string of the molecule is CC(C)c1cc2c3cc4c5ccccc5n(-c5ccccc5)c4cc3n3c4cc5c(cc4c(c1)c23)c1ccccc1n5-c1ccccc1. The Morgan fingerprint density at radius 3 is 1.23 bits per heavy atom. The summed E-state index contributed by atoms with van der Waals surface area (Å²) >= 11 is 0. The normalized spacial score (nSPS) is 12.6. The van der Waals surface area contributed by atoms with Crippen LogP contribution in [0.25, 0.3) is 93.1 Å². The highest BCUT2D eigenvalue weighted by molar-refractivity contribution is 6.28. The second-order valence-corrected chi connectivity index (χ2v) is 13.6. The van der Waals surface area contributed by atoms with Crippen LogP contribution < -0.4 is 0 Å². The van der Waals surface area contributed by atoms with Crippen LogP contribution in [-0.2, 0) is 0 Å². The van der Waals surface area contributed by atoms with E-state index in [1.807, 2.05) is 0 Å². The van der Waals surface area contributed by atoms with Gasteiger partial charge >= 0.3 is 0 Å². The molecule has 0 saturated carbocycles. The Morgan fingerprint density at radius 2 is 0.771 bits per heavy atom. The van der Waals surface area contributed by atoms with Gasteiger partial charge in [0.25, 0.3) is 0 Å². The summed E-state index contributed by atoms with van der Waals surface area (Å²) in [7, 11) is 0. The molecular weight excluding hydrogens is 583 g/mol. The minimum Gasteiger partial charge on any atom is -0.309 e. The summed E-state index contributed by atoms with van der Waals surface area (Å²) in [5.74, 6) is 0.417. The van der Waals surface area contributed by atoms with Crippen LogP contribution >= 0.6 is 0 Å². The fraction of sp³-hybridized carbons (Fsp3) is 0.0667. The smallest absolute Gasteiger partial charge is 0.0620 e. The Balaban J connectivity index is 1.37. The third-order valence-corrected chi connectivity index (χ3v) is 10.7. The van der Waals surface area contributed by atoms with E-state index < -0.39 is 0 Å². The van der Waals surface area contributed by atoms with Crippen LogP contribution in [0.15, 0.2) is 146 Å². The van der Waals surface area contributed by atoms with Gasteiger partial charge in [0, 0.05) is 54.5 Å². The lowest BCUT2D eigenvalue weighted by atomic mass is 9.97. The summed E-state index contributed by atoms with van der Waals surface area (Å²) in [6.07, 6.45) is 0. The molecule has 226 valence electrons. The molecule has 48 heavy (non-hydrogen) atoms.